The number of nitrogens with two attached hydrogens (primary N) is 1. The molecule has 4 aromatic rings. The van der Waals surface area contributed by atoms with Gasteiger partial charge in [-0.25, -0.2) is 4.79 Å². The molecule has 5 rings (SSSR count). The van der Waals surface area contributed by atoms with E-state index in [1.807, 2.05) is 72.8 Å². The molecule has 1 saturated carbocycles. The van der Waals surface area contributed by atoms with Gasteiger partial charge in [0.05, 0.1) is 18.1 Å². The summed E-state index contributed by atoms with van der Waals surface area (Å²) < 4.78 is 16.9. The van der Waals surface area contributed by atoms with E-state index in [4.69, 9.17) is 19.7 Å². The molecule has 42 heavy (non-hydrogen) atoms. The second-order valence-electron chi connectivity index (χ2n) is 10.5. The molecular formula is C33H36N4O5. The van der Waals surface area contributed by atoms with Crippen LogP contribution in [0.4, 0.5) is 4.79 Å². The maximum Gasteiger partial charge on any atom is 0.408 e. The SMILES string of the molecule is NCCCCC(NC(=O)OCc1ccccc1)C(=O)c1noc(C2(c3ccc(OCCc4ccccc4)cc3)CC2)n1. The second-order valence-corrected chi connectivity index (χ2v) is 10.5. The van der Waals surface area contributed by atoms with Crippen LogP contribution in [0.15, 0.2) is 89.5 Å². The van der Waals surface area contributed by atoms with Crippen molar-refractivity contribution in [2.24, 2.45) is 5.73 Å². The Morgan fingerprint density at radius 2 is 1.62 bits per heavy atom. The molecule has 1 aliphatic carbocycles. The van der Waals surface area contributed by atoms with Gasteiger partial charge in [0.2, 0.25) is 17.5 Å². The highest BCUT2D eigenvalue weighted by atomic mass is 16.5. The number of Topliss-reactive ketones (excluding diaryl/α,β-unsaturated/α-hetero) is 1. The van der Waals surface area contributed by atoms with E-state index in [2.05, 4.69) is 27.6 Å². The number of carbonyl (C=O) groups is 2. The number of nitrogens with zero attached hydrogens (tertiary/aromatic N) is 2. The third-order valence-corrected chi connectivity index (χ3v) is 7.48. The number of rotatable bonds is 15. The summed E-state index contributed by atoms with van der Waals surface area (Å²) in [6.07, 6.45) is 3.58. The molecule has 3 aromatic carbocycles. The Labute approximate surface area is 245 Å². The number of hydrogen-bond donors (Lipinski definition) is 2. The Kier molecular flexibility index (Phi) is 9.61. The average Bonchev–Trinajstić information content (AvgIpc) is 3.69. The first-order valence-corrected chi connectivity index (χ1v) is 14.4. The number of carbonyl (C=O) groups excluding carboxylic acids is 2. The van der Waals surface area contributed by atoms with Crippen LogP contribution in [-0.4, -0.2) is 41.2 Å². The summed E-state index contributed by atoms with van der Waals surface area (Å²) in [5.74, 6) is 0.711. The Bertz CT molecular complexity index is 1440. The van der Waals surface area contributed by atoms with Crippen LogP contribution < -0.4 is 15.8 Å². The van der Waals surface area contributed by atoms with E-state index in [9.17, 15) is 9.59 Å². The van der Waals surface area contributed by atoms with Crippen molar-refractivity contribution < 1.29 is 23.6 Å². The van der Waals surface area contributed by atoms with Gasteiger partial charge < -0.3 is 25.0 Å². The van der Waals surface area contributed by atoms with E-state index in [-0.39, 0.29) is 12.4 Å². The predicted octanol–water partition coefficient (Wildman–Crippen LogP) is 5.38. The van der Waals surface area contributed by atoms with Crippen LogP contribution in [0.3, 0.4) is 0 Å². The topological polar surface area (TPSA) is 130 Å². The zero-order chi connectivity index (χ0) is 29.2. The molecule has 0 aliphatic heterocycles. The van der Waals surface area contributed by atoms with Crippen molar-refractivity contribution in [3.05, 3.63) is 113 Å². The number of amides is 1. The van der Waals surface area contributed by atoms with Crippen LogP contribution in [0.25, 0.3) is 0 Å². The van der Waals surface area contributed by atoms with Crippen LogP contribution in [-0.2, 0) is 23.2 Å². The molecule has 1 unspecified atom stereocenters. The molecule has 1 fully saturated rings. The molecule has 9 heteroatoms. The smallest absolute Gasteiger partial charge is 0.408 e. The summed E-state index contributed by atoms with van der Waals surface area (Å²) in [5.41, 5.74) is 8.33. The fraction of sp³-hybridized carbons (Fsp3) is 0.333. The highest BCUT2D eigenvalue weighted by molar-refractivity contribution is 5.98. The van der Waals surface area contributed by atoms with Crippen LogP contribution in [0.1, 0.15) is 65.3 Å². The van der Waals surface area contributed by atoms with E-state index < -0.39 is 23.3 Å². The quantitative estimate of drug-likeness (QED) is 0.144. The molecule has 218 valence electrons. The molecule has 1 atom stereocenters. The highest BCUT2D eigenvalue weighted by Gasteiger charge is 2.51. The van der Waals surface area contributed by atoms with Gasteiger partial charge >= 0.3 is 6.09 Å². The van der Waals surface area contributed by atoms with E-state index >= 15 is 0 Å². The van der Waals surface area contributed by atoms with E-state index in [1.165, 1.54) is 5.56 Å². The van der Waals surface area contributed by atoms with Crippen molar-refractivity contribution in [1.29, 1.82) is 0 Å². The number of aromatic nitrogens is 2. The lowest BCUT2D eigenvalue weighted by atomic mass is 9.96. The Morgan fingerprint density at radius 3 is 2.29 bits per heavy atom. The lowest BCUT2D eigenvalue weighted by molar-refractivity contribution is 0.0896. The van der Waals surface area contributed by atoms with Crippen molar-refractivity contribution in [1.82, 2.24) is 15.5 Å². The zero-order valence-electron chi connectivity index (χ0n) is 23.5. The minimum atomic E-state index is -0.854. The summed E-state index contributed by atoms with van der Waals surface area (Å²) in [7, 11) is 0. The zero-order valence-corrected chi connectivity index (χ0v) is 23.5. The van der Waals surface area contributed by atoms with Gasteiger partial charge in [0.25, 0.3) is 0 Å². The molecule has 1 aromatic heterocycles. The van der Waals surface area contributed by atoms with Gasteiger partial charge in [-0.3, -0.25) is 4.79 Å². The molecule has 1 aliphatic rings. The fourth-order valence-corrected chi connectivity index (χ4v) is 4.90. The monoisotopic (exact) mass is 568 g/mol. The van der Waals surface area contributed by atoms with E-state index in [0.717, 1.165) is 42.6 Å². The maximum atomic E-state index is 13.4. The molecule has 9 nitrogen and oxygen atoms in total. The molecule has 3 N–H and O–H groups in total. The highest BCUT2D eigenvalue weighted by Crippen LogP contribution is 2.53. The Balaban J connectivity index is 1.20. The molecule has 0 saturated heterocycles. The first kappa shape index (κ1) is 29.0. The molecule has 0 spiro atoms. The molecule has 0 radical (unpaired) electrons. The van der Waals surface area contributed by atoms with Gasteiger partial charge in [0.15, 0.2) is 0 Å². The summed E-state index contributed by atoms with van der Waals surface area (Å²) in [6.45, 7) is 1.18. The number of unbranched alkanes of at least 4 members (excludes halogenated alkanes) is 1. The maximum absolute atomic E-state index is 13.4. The average molecular weight is 569 g/mol. The van der Waals surface area contributed by atoms with Crippen molar-refractivity contribution >= 4 is 11.9 Å². The van der Waals surface area contributed by atoms with Crippen LogP contribution >= 0.6 is 0 Å². The van der Waals surface area contributed by atoms with Gasteiger partial charge in [0.1, 0.15) is 12.4 Å². The number of ether oxygens (including phenoxy) is 2. The number of nitrogens with one attached hydrogen (secondary N) is 1. The standard InChI is InChI=1S/C33H36N4O5/c34-21-8-7-13-28(35-32(39)41-23-25-11-5-2-6-12-25)29(38)30-36-31(42-37-30)33(19-20-33)26-14-16-27(17-15-26)40-22-18-24-9-3-1-4-10-24/h1-6,9-12,14-17,28H,7-8,13,18-23,34H2,(H,35,39). The third kappa shape index (κ3) is 7.41. The fourth-order valence-electron chi connectivity index (χ4n) is 4.90. The minimum absolute atomic E-state index is 0.0572. The molecule has 0 bridgehead atoms. The van der Waals surface area contributed by atoms with Gasteiger partial charge in [-0.05, 0) is 67.5 Å². The van der Waals surface area contributed by atoms with Crippen LogP contribution in [0.5, 0.6) is 5.75 Å². The third-order valence-electron chi connectivity index (χ3n) is 7.48. The van der Waals surface area contributed by atoms with Crippen molar-refractivity contribution in [2.75, 3.05) is 13.2 Å². The van der Waals surface area contributed by atoms with Crippen molar-refractivity contribution in [3.63, 3.8) is 0 Å². The van der Waals surface area contributed by atoms with Gasteiger partial charge in [-0.2, -0.15) is 4.98 Å². The number of alkyl carbamates (subject to hydrolysis) is 1. The summed E-state index contributed by atoms with van der Waals surface area (Å²) in [5, 5.41) is 6.69. The Hall–Kier alpha value is -4.50. The number of benzene rings is 3. The second kappa shape index (κ2) is 13.9. The lowest BCUT2D eigenvalue weighted by Crippen LogP contribution is -2.41. The van der Waals surface area contributed by atoms with Gasteiger partial charge in [-0.1, -0.05) is 78.0 Å². The van der Waals surface area contributed by atoms with Crippen molar-refractivity contribution in [2.45, 2.75) is 56.6 Å². The largest absolute Gasteiger partial charge is 0.493 e. The molecular weight excluding hydrogens is 532 g/mol. The first-order chi connectivity index (χ1) is 20.6. The van der Waals surface area contributed by atoms with Crippen molar-refractivity contribution in [3.8, 4) is 5.75 Å². The molecule has 1 amide bonds. The van der Waals surface area contributed by atoms with Crippen LogP contribution in [0, 0.1) is 0 Å². The molecule has 1 heterocycles. The summed E-state index contributed by atoms with van der Waals surface area (Å²) in [4.78, 5) is 30.4. The van der Waals surface area contributed by atoms with Gasteiger partial charge in [-0.15, -0.1) is 0 Å². The Morgan fingerprint density at radius 1 is 0.929 bits per heavy atom. The van der Waals surface area contributed by atoms with E-state index in [1.54, 1.807) is 0 Å². The van der Waals surface area contributed by atoms with Gasteiger partial charge in [0, 0.05) is 6.42 Å². The summed E-state index contributed by atoms with van der Waals surface area (Å²) in [6, 6.07) is 26.6. The number of hydrogen-bond acceptors (Lipinski definition) is 8. The van der Waals surface area contributed by atoms with Crippen LogP contribution in [0.2, 0.25) is 0 Å². The summed E-state index contributed by atoms with van der Waals surface area (Å²) >= 11 is 0. The lowest BCUT2D eigenvalue weighted by Gasteiger charge is -2.16. The first-order valence-electron chi connectivity index (χ1n) is 14.4. The minimum Gasteiger partial charge on any atom is -0.493 e. The normalized spacial score (nSPS) is 14.1. The predicted molar refractivity (Wildman–Crippen MR) is 157 cm³/mol. The van der Waals surface area contributed by atoms with E-state index in [0.29, 0.717) is 31.9 Å². The number of ketones is 1.